The molecule has 100 valence electrons. The maximum atomic E-state index is 8.99. The van der Waals surface area contributed by atoms with Crippen molar-refractivity contribution in [1.29, 1.82) is 0 Å². The van der Waals surface area contributed by atoms with Crippen LogP contribution in [0.4, 0.5) is 0 Å². The Balaban J connectivity index is 1.93. The SMILES string of the molecule is CSc1ccc(CN(CCCO)C2CCC2)cc1. The molecule has 2 rings (SSSR count). The molecule has 0 bridgehead atoms. The first-order valence-electron chi connectivity index (χ1n) is 6.81. The Labute approximate surface area is 114 Å². The predicted molar refractivity (Wildman–Crippen MR) is 78.0 cm³/mol. The Bertz CT molecular complexity index is 348. The van der Waals surface area contributed by atoms with Crippen LogP contribution >= 0.6 is 11.8 Å². The molecule has 1 aliphatic carbocycles. The van der Waals surface area contributed by atoms with Crippen LogP contribution in [-0.2, 0) is 6.54 Å². The Morgan fingerprint density at radius 3 is 2.50 bits per heavy atom. The first kappa shape index (κ1) is 13.9. The average Bonchev–Trinajstić information content (AvgIpc) is 2.34. The van der Waals surface area contributed by atoms with Crippen LogP contribution in [0.3, 0.4) is 0 Å². The molecule has 0 atom stereocenters. The van der Waals surface area contributed by atoms with Crippen LogP contribution in [0.5, 0.6) is 0 Å². The van der Waals surface area contributed by atoms with Gasteiger partial charge in [0, 0.05) is 30.6 Å². The molecule has 0 aromatic heterocycles. The lowest BCUT2D eigenvalue weighted by molar-refractivity contribution is 0.109. The zero-order valence-electron chi connectivity index (χ0n) is 11.1. The number of thioether (sulfide) groups is 1. The molecule has 0 heterocycles. The largest absolute Gasteiger partial charge is 0.396 e. The Hall–Kier alpha value is -0.510. The van der Waals surface area contributed by atoms with Crippen LogP contribution < -0.4 is 0 Å². The molecule has 0 saturated heterocycles. The first-order valence-corrected chi connectivity index (χ1v) is 8.04. The van der Waals surface area contributed by atoms with E-state index in [2.05, 4.69) is 35.4 Å². The molecule has 0 amide bonds. The molecule has 1 fully saturated rings. The molecule has 1 aliphatic rings. The van der Waals surface area contributed by atoms with Gasteiger partial charge in [-0.05, 0) is 43.2 Å². The van der Waals surface area contributed by atoms with Gasteiger partial charge >= 0.3 is 0 Å². The molecule has 1 saturated carbocycles. The van der Waals surface area contributed by atoms with Crippen molar-refractivity contribution in [3.05, 3.63) is 29.8 Å². The number of aliphatic hydroxyl groups is 1. The van der Waals surface area contributed by atoms with E-state index in [1.54, 1.807) is 11.8 Å². The maximum absolute atomic E-state index is 8.99. The highest BCUT2D eigenvalue weighted by Crippen LogP contribution is 2.26. The predicted octanol–water partition coefficient (Wildman–Crippen LogP) is 3.15. The fraction of sp³-hybridized carbons (Fsp3) is 0.600. The van der Waals surface area contributed by atoms with E-state index in [-0.39, 0.29) is 0 Å². The summed E-state index contributed by atoms with van der Waals surface area (Å²) in [5.41, 5.74) is 1.39. The smallest absolute Gasteiger partial charge is 0.0443 e. The molecular formula is C15H23NOS. The van der Waals surface area contributed by atoms with Gasteiger partial charge in [-0.3, -0.25) is 4.90 Å². The van der Waals surface area contributed by atoms with E-state index in [9.17, 15) is 0 Å². The minimum absolute atomic E-state index is 0.300. The Morgan fingerprint density at radius 1 is 1.28 bits per heavy atom. The van der Waals surface area contributed by atoms with Crippen LogP contribution in [0.1, 0.15) is 31.2 Å². The van der Waals surface area contributed by atoms with Gasteiger partial charge in [0.05, 0.1) is 0 Å². The standard InChI is InChI=1S/C15H23NOS/c1-18-15-8-6-13(7-9-15)12-16(10-3-11-17)14-4-2-5-14/h6-9,14,17H,2-5,10-12H2,1H3. The third kappa shape index (κ3) is 3.74. The van der Waals surface area contributed by atoms with Gasteiger partial charge in [-0.1, -0.05) is 18.6 Å². The van der Waals surface area contributed by atoms with E-state index < -0.39 is 0 Å². The normalized spacial score (nSPS) is 15.9. The van der Waals surface area contributed by atoms with Crippen molar-refractivity contribution in [2.75, 3.05) is 19.4 Å². The highest BCUT2D eigenvalue weighted by molar-refractivity contribution is 7.98. The van der Waals surface area contributed by atoms with E-state index in [1.807, 2.05) is 0 Å². The molecule has 0 spiro atoms. The van der Waals surface area contributed by atoms with Crippen molar-refractivity contribution in [1.82, 2.24) is 4.90 Å². The molecule has 1 aromatic carbocycles. The highest BCUT2D eigenvalue weighted by atomic mass is 32.2. The molecule has 0 radical (unpaired) electrons. The highest BCUT2D eigenvalue weighted by Gasteiger charge is 2.24. The topological polar surface area (TPSA) is 23.5 Å². The lowest BCUT2D eigenvalue weighted by atomic mass is 9.91. The summed E-state index contributed by atoms with van der Waals surface area (Å²) in [5, 5.41) is 8.99. The van der Waals surface area contributed by atoms with Crippen molar-refractivity contribution in [2.45, 2.75) is 43.2 Å². The molecule has 0 unspecified atom stereocenters. The summed E-state index contributed by atoms with van der Waals surface area (Å²) in [6.45, 7) is 2.35. The summed E-state index contributed by atoms with van der Waals surface area (Å²) in [5.74, 6) is 0. The molecule has 2 nitrogen and oxygen atoms in total. The fourth-order valence-corrected chi connectivity index (χ4v) is 2.79. The maximum Gasteiger partial charge on any atom is 0.0443 e. The molecule has 1 aromatic rings. The fourth-order valence-electron chi connectivity index (χ4n) is 2.38. The van der Waals surface area contributed by atoms with Crippen molar-refractivity contribution in [3.63, 3.8) is 0 Å². The van der Waals surface area contributed by atoms with Crippen molar-refractivity contribution < 1.29 is 5.11 Å². The summed E-state index contributed by atoms with van der Waals surface area (Å²) in [4.78, 5) is 3.86. The molecular weight excluding hydrogens is 242 g/mol. The van der Waals surface area contributed by atoms with E-state index in [4.69, 9.17) is 5.11 Å². The quantitative estimate of drug-likeness (QED) is 0.766. The second kappa shape index (κ2) is 7.17. The average molecular weight is 265 g/mol. The van der Waals surface area contributed by atoms with Gasteiger partial charge in [0.15, 0.2) is 0 Å². The third-order valence-corrected chi connectivity index (χ3v) is 4.48. The van der Waals surface area contributed by atoms with Crippen LogP contribution in [0, 0.1) is 0 Å². The van der Waals surface area contributed by atoms with Crippen LogP contribution in [0.15, 0.2) is 29.2 Å². The molecule has 18 heavy (non-hydrogen) atoms. The summed E-state index contributed by atoms with van der Waals surface area (Å²) in [6, 6.07) is 9.61. The van der Waals surface area contributed by atoms with Gasteiger partial charge in [0.1, 0.15) is 0 Å². The minimum atomic E-state index is 0.300. The second-order valence-electron chi connectivity index (χ2n) is 4.98. The summed E-state index contributed by atoms with van der Waals surface area (Å²) in [6.07, 6.45) is 7.02. The van der Waals surface area contributed by atoms with E-state index >= 15 is 0 Å². The number of aliphatic hydroxyl groups excluding tert-OH is 1. The lowest BCUT2D eigenvalue weighted by Gasteiger charge is -2.37. The van der Waals surface area contributed by atoms with Crippen LogP contribution in [0.25, 0.3) is 0 Å². The number of hydrogen-bond acceptors (Lipinski definition) is 3. The van der Waals surface area contributed by atoms with E-state index in [0.29, 0.717) is 6.61 Å². The summed E-state index contributed by atoms with van der Waals surface area (Å²) < 4.78 is 0. The lowest BCUT2D eigenvalue weighted by Crippen LogP contribution is -2.40. The second-order valence-corrected chi connectivity index (χ2v) is 5.86. The van der Waals surface area contributed by atoms with Crippen molar-refractivity contribution >= 4 is 11.8 Å². The Kier molecular flexibility index (Phi) is 5.54. The number of nitrogens with zero attached hydrogens (tertiary/aromatic N) is 1. The third-order valence-electron chi connectivity index (χ3n) is 3.74. The van der Waals surface area contributed by atoms with Crippen molar-refractivity contribution in [2.24, 2.45) is 0 Å². The molecule has 1 N–H and O–H groups in total. The number of hydrogen-bond donors (Lipinski definition) is 1. The van der Waals surface area contributed by atoms with Crippen LogP contribution in [-0.4, -0.2) is 35.5 Å². The first-order chi connectivity index (χ1) is 8.83. The number of benzene rings is 1. The van der Waals surface area contributed by atoms with Gasteiger partial charge in [-0.25, -0.2) is 0 Å². The van der Waals surface area contributed by atoms with E-state index in [1.165, 1.54) is 29.7 Å². The van der Waals surface area contributed by atoms with Gasteiger partial charge in [0.25, 0.3) is 0 Å². The van der Waals surface area contributed by atoms with Crippen LogP contribution in [0.2, 0.25) is 0 Å². The van der Waals surface area contributed by atoms with Crippen molar-refractivity contribution in [3.8, 4) is 0 Å². The summed E-state index contributed by atoms with van der Waals surface area (Å²) in [7, 11) is 0. The van der Waals surface area contributed by atoms with Gasteiger partial charge < -0.3 is 5.11 Å². The Morgan fingerprint density at radius 2 is 2.00 bits per heavy atom. The minimum Gasteiger partial charge on any atom is -0.396 e. The monoisotopic (exact) mass is 265 g/mol. The van der Waals surface area contributed by atoms with Gasteiger partial charge in [0.2, 0.25) is 0 Å². The number of rotatable bonds is 7. The molecule has 3 heteroatoms. The van der Waals surface area contributed by atoms with Gasteiger partial charge in [-0.15, -0.1) is 11.8 Å². The van der Waals surface area contributed by atoms with Gasteiger partial charge in [-0.2, -0.15) is 0 Å². The zero-order valence-corrected chi connectivity index (χ0v) is 12.0. The summed E-state index contributed by atoms with van der Waals surface area (Å²) >= 11 is 1.79. The zero-order chi connectivity index (χ0) is 12.8. The van der Waals surface area contributed by atoms with E-state index in [0.717, 1.165) is 25.6 Å². The molecule has 0 aliphatic heterocycles.